The number of hydrogen-bond acceptors (Lipinski definition) is 6. The highest BCUT2D eigenvalue weighted by molar-refractivity contribution is 7.99. The molecule has 1 aliphatic carbocycles. The summed E-state index contributed by atoms with van der Waals surface area (Å²) in [6, 6.07) is 3.44. The van der Waals surface area contributed by atoms with Gasteiger partial charge in [0.2, 0.25) is 5.91 Å². The zero-order valence-corrected chi connectivity index (χ0v) is 20.4. The monoisotopic (exact) mass is 471 g/mol. The Labute approximate surface area is 199 Å². The second-order valence-corrected chi connectivity index (χ2v) is 9.61. The molecule has 0 atom stereocenters. The number of rotatable bonds is 8. The molecule has 1 amide bonds. The molecule has 0 saturated carbocycles. The number of allylic oxidation sites excluding steroid dienone is 2. The largest absolute Gasteiger partial charge is 0.493 e. The van der Waals surface area contributed by atoms with E-state index in [9.17, 15) is 9.59 Å². The van der Waals surface area contributed by atoms with E-state index in [-0.39, 0.29) is 17.2 Å². The van der Waals surface area contributed by atoms with Crippen LogP contribution in [0.4, 0.5) is 0 Å². The Morgan fingerprint density at radius 2 is 1.82 bits per heavy atom. The SMILES string of the molecule is COc1cc2nc(SCC(=O)N3CCCCC3)n(CCC3=CCCCC3)c(=O)c2cc1OC. The van der Waals surface area contributed by atoms with Gasteiger partial charge in [0.05, 0.1) is 30.9 Å². The second kappa shape index (κ2) is 11.1. The number of hydrogen-bond donors (Lipinski definition) is 0. The Bertz CT molecular complexity index is 1090. The fourth-order valence-corrected chi connectivity index (χ4v) is 5.51. The molecule has 1 aromatic heterocycles. The number of thioether (sulfide) groups is 1. The second-order valence-electron chi connectivity index (χ2n) is 8.66. The minimum Gasteiger partial charge on any atom is -0.493 e. The van der Waals surface area contributed by atoms with E-state index >= 15 is 0 Å². The molecule has 1 saturated heterocycles. The topological polar surface area (TPSA) is 73.7 Å². The van der Waals surface area contributed by atoms with Crippen LogP contribution >= 0.6 is 11.8 Å². The summed E-state index contributed by atoms with van der Waals surface area (Å²) >= 11 is 1.36. The van der Waals surface area contributed by atoms with Crippen molar-refractivity contribution < 1.29 is 14.3 Å². The molecule has 2 heterocycles. The number of fused-ring (bicyclic) bond motifs is 1. The Hall–Kier alpha value is -2.48. The lowest BCUT2D eigenvalue weighted by atomic mass is 9.97. The molecule has 0 N–H and O–H groups in total. The summed E-state index contributed by atoms with van der Waals surface area (Å²) in [5, 5.41) is 1.08. The number of likely N-dealkylation sites (tertiary alicyclic amines) is 1. The summed E-state index contributed by atoms with van der Waals surface area (Å²) in [6.45, 7) is 2.20. The van der Waals surface area contributed by atoms with Crippen LogP contribution in [0.5, 0.6) is 11.5 Å². The quantitative estimate of drug-likeness (QED) is 0.323. The highest BCUT2D eigenvalue weighted by atomic mass is 32.2. The summed E-state index contributed by atoms with van der Waals surface area (Å²) in [5.41, 5.74) is 1.85. The molecule has 2 aromatic rings. The lowest BCUT2D eigenvalue weighted by Crippen LogP contribution is -2.37. The zero-order valence-electron chi connectivity index (χ0n) is 19.6. The van der Waals surface area contributed by atoms with E-state index in [1.165, 1.54) is 36.6 Å². The first kappa shape index (κ1) is 23.7. The molecule has 8 heteroatoms. The first-order valence-corrected chi connectivity index (χ1v) is 12.8. The Morgan fingerprint density at radius 1 is 1.06 bits per heavy atom. The van der Waals surface area contributed by atoms with Crippen LogP contribution in [0.25, 0.3) is 10.9 Å². The van der Waals surface area contributed by atoms with Gasteiger partial charge in [-0.25, -0.2) is 4.98 Å². The van der Waals surface area contributed by atoms with E-state index in [0.717, 1.165) is 45.2 Å². The van der Waals surface area contributed by atoms with E-state index in [1.807, 2.05) is 4.90 Å². The fourth-order valence-electron chi connectivity index (χ4n) is 4.58. The predicted octanol–water partition coefficient (Wildman–Crippen LogP) is 4.41. The van der Waals surface area contributed by atoms with Crippen LogP contribution in [0, 0.1) is 0 Å². The van der Waals surface area contributed by atoms with Crippen molar-refractivity contribution in [3.63, 3.8) is 0 Å². The average molecular weight is 472 g/mol. The highest BCUT2D eigenvalue weighted by Crippen LogP contribution is 2.31. The van der Waals surface area contributed by atoms with E-state index in [0.29, 0.717) is 34.1 Å². The summed E-state index contributed by atoms with van der Waals surface area (Å²) in [5.74, 6) is 1.44. The minimum absolute atomic E-state index is 0.106. The minimum atomic E-state index is -0.106. The first-order chi connectivity index (χ1) is 16.1. The molecule has 0 unspecified atom stereocenters. The number of carbonyl (C=O) groups excluding carboxylic acids is 1. The van der Waals surface area contributed by atoms with Gasteiger partial charge in [0.1, 0.15) is 0 Å². The molecule has 33 heavy (non-hydrogen) atoms. The van der Waals surface area contributed by atoms with Crippen LogP contribution in [0.15, 0.2) is 33.7 Å². The van der Waals surface area contributed by atoms with E-state index in [4.69, 9.17) is 14.5 Å². The van der Waals surface area contributed by atoms with Crippen molar-refractivity contribution in [3.8, 4) is 11.5 Å². The molecule has 4 rings (SSSR count). The van der Waals surface area contributed by atoms with Gasteiger partial charge >= 0.3 is 0 Å². The standard InChI is InChI=1S/C25H33N3O4S/c1-31-21-15-19-20(16-22(21)32-2)26-25(33-17-23(29)27-12-7-4-8-13-27)28(24(19)30)14-11-18-9-5-3-6-10-18/h9,15-16H,3-8,10-14,17H2,1-2H3. The third-order valence-electron chi connectivity index (χ3n) is 6.50. The third-order valence-corrected chi connectivity index (χ3v) is 7.46. The Kier molecular flexibility index (Phi) is 7.96. The van der Waals surface area contributed by atoms with E-state index < -0.39 is 0 Å². The number of carbonyl (C=O) groups is 1. The highest BCUT2D eigenvalue weighted by Gasteiger charge is 2.20. The lowest BCUT2D eigenvalue weighted by Gasteiger charge is -2.26. The van der Waals surface area contributed by atoms with Gasteiger partial charge in [-0.2, -0.15) is 0 Å². The molecular formula is C25H33N3O4S. The van der Waals surface area contributed by atoms with Crippen LogP contribution in [0.1, 0.15) is 51.4 Å². The molecule has 7 nitrogen and oxygen atoms in total. The molecule has 0 radical (unpaired) electrons. The summed E-state index contributed by atoms with van der Waals surface area (Å²) in [4.78, 5) is 33.0. The van der Waals surface area contributed by atoms with Gasteiger partial charge in [-0.05, 0) is 57.4 Å². The fraction of sp³-hybridized carbons (Fsp3) is 0.560. The zero-order chi connectivity index (χ0) is 23.2. The van der Waals surface area contributed by atoms with Crippen molar-refractivity contribution in [2.24, 2.45) is 0 Å². The molecule has 2 aliphatic rings. The molecule has 178 valence electrons. The van der Waals surface area contributed by atoms with Gasteiger partial charge in [-0.15, -0.1) is 0 Å². The van der Waals surface area contributed by atoms with Gasteiger partial charge < -0.3 is 14.4 Å². The maximum atomic E-state index is 13.5. The maximum absolute atomic E-state index is 13.5. The molecule has 0 bridgehead atoms. The summed E-state index contributed by atoms with van der Waals surface area (Å²) in [6.07, 6.45) is 11.1. The van der Waals surface area contributed by atoms with Crippen LogP contribution in [0.3, 0.4) is 0 Å². The van der Waals surface area contributed by atoms with Crippen molar-refractivity contribution >= 4 is 28.6 Å². The average Bonchev–Trinajstić information content (AvgIpc) is 2.87. The normalized spacial score (nSPS) is 16.5. The third kappa shape index (κ3) is 5.54. The molecule has 0 spiro atoms. The molecule has 1 fully saturated rings. The van der Waals surface area contributed by atoms with Crippen molar-refractivity contribution in [3.05, 3.63) is 34.1 Å². The number of amides is 1. The lowest BCUT2D eigenvalue weighted by molar-refractivity contribution is -0.129. The van der Waals surface area contributed by atoms with Crippen LogP contribution in [-0.2, 0) is 11.3 Å². The first-order valence-electron chi connectivity index (χ1n) is 11.9. The van der Waals surface area contributed by atoms with Gasteiger partial charge in [0.15, 0.2) is 16.7 Å². The van der Waals surface area contributed by atoms with Crippen molar-refractivity contribution in [1.82, 2.24) is 14.5 Å². The predicted molar refractivity (Wildman–Crippen MR) is 131 cm³/mol. The van der Waals surface area contributed by atoms with Crippen LogP contribution in [0.2, 0.25) is 0 Å². The van der Waals surface area contributed by atoms with E-state index in [1.54, 1.807) is 30.9 Å². The maximum Gasteiger partial charge on any atom is 0.262 e. The number of ether oxygens (including phenoxy) is 2. The molecule has 1 aliphatic heterocycles. The Morgan fingerprint density at radius 3 is 2.52 bits per heavy atom. The number of nitrogens with zero attached hydrogens (tertiary/aromatic N) is 3. The number of piperidine rings is 1. The molecular weight excluding hydrogens is 438 g/mol. The Balaban J connectivity index is 1.65. The number of methoxy groups -OCH3 is 2. The number of benzene rings is 1. The van der Waals surface area contributed by atoms with E-state index in [2.05, 4.69) is 6.08 Å². The van der Waals surface area contributed by atoms with Gasteiger partial charge in [0.25, 0.3) is 5.56 Å². The summed E-state index contributed by atoms with van der Waals surface area (Å²) in [7, 11) is 3.12. The van der Waals surface area contributed by atoms with Crippen molar-refractivity contribution in [1.29, 1.82) is 0 Å². The van der Waals surface area contributed by atoms with Crippen LogP contribution < -0.4 is 15.0 Å². The van der Waals surface area contributed by atoms with Gasteiger partial charge in [0, 0.05) is 25.7 Å². The number of aromatic nitrogens is 2. The van der Waals surface area contributed by atoms with Gasteiger partial charge in [-0.1, -0.05) is 23.4 Å². The van der Waals surface area contributed by atoms with Gasteiger partial charge in [-0.3, -0.25) is 14.2 Å². The van der Waals surface area contributed by atoms with Crippen molar-refractivity contribution in [2.75, 3.05) is 33.1 Å². The van der Waals surface area contributed by atoms with Crippen LogP contribution in [-0.4, -0.2) is 53.4 Å². The smallest absolute Gasteiger partial charge is 0.262 e. The summed E-state index contributed by atoms with van der Waals surface area (Å²) < 4.78 is 12.5. The molecule has 1 aromatic carbocycles. The van der Waals surface area contributed by atoms with Crippen molar-refractivity contribution in [2.45, 2.75) is 63.1 Å².